The van der Waals surface area contributed by atoms with E-state index in [2.05, 4.69) is 15.0 Å². The Kier molecular flexibility index (Phi) is 2.06. The van der Waals surface area contributed by atoms with Crippen LogP contribution in [0.2, 0.25) is 0 Å². The number of anilines is 1. The van der Waals surface area contributed by atoms with E-state index in [1.807, 2.05) is 18.2 Å². The summed E-state index contributed by atoms with van der Waals surface area (Å²) < 4.78 is 0. The van der Waals surface area contributed by atoms with E-state index in [1.54, 1.807) is 12.4 Å². The molecule has 0 unspecified atom stereocenters. The number of nitrogen functional groups attached to an aromatic ring is 1. The fourth-order valence-electron chi connectivity index (χ4n) is 1.74. The number of hydrogen-bond donors (Lipinski definition) is 1. The minimum absolute atomic E-state index is 0.350. The molecule has 1 aliphatic rings. The summed E-state index contributed by atoms with van der Waals surface area (Å²) >= 11 is 0. The van der Waals surface area contributed by atoms with Crippen LogP contribution in [-0.2, 0) is 0 Å². The van der Waals surface area contributed by atoms with Crippen molar-refractivity contribution in [2.75, 3.05) is 5.73 Å². The van der Waals surface area contributed by atoms with Crippen molar-refractivity contribution in [2.24, 2.45) is 0 Å². The maximum Gasteiger partial charge on any atom is 0.220 e. The van der Waals surface area contributed by atoms with Gasteiger partial charge in [-0.15, -0.1) is 0 Å². The van der Waals surface area contributed by atoms with Crippen molar-refractivity contribution in [3.63, 3.8) is 0 Å². The van der Waals surface area contributed by atoms with Crippen LogP contribution in [-0.4, -0.2) is 15.0 Å². The van der Waals surface area contributed by atoms with Gasteiger partial charge >= 0.3 is 0 Å². The van der Waals surface area contributed by atoms with E-state index in [9.17, 15) is 0 Å². The molecule has 80 valence electrons. The molecule has 2 aromatic rings. The first-order valence-electron chi connectivity index (χ1n) is 5.38. The van der Waals surface area contributed by atoms with Gasteiger partial charge in [0.15, 0.2) is 0 Å². The maximum absolute atomic E-state index is 5.72. The molecule has 2 N–H and O–H groups in total. The molecule has 0 aliphatic heterocycles. The average Bonchev–Trinajstić information content (AvgIpc) is 3.13. The summed E-state index contributed by atoms with van der Waals surface area (Å²) in [6.07, 6.45) is 5.96. The van der Waals surface area contributed by atoms with Gasteiger partial charge in [-0.1, -0.05) is 0 Å². The minimum Gasteiger partial charge on any atom is -0.368 e. The third-order valence-corrected chi connectivity index (χ3v) is 2.72. The van der Waals surface area contributed by atoms with Gasteiger partial charge in [0, 0.05) is 29.6 Å². The highest BCUT2D eigenvalue weighted by Gasteiger charge is 2.26. The minimum atomic E-state index is 0.350. The second-order valence-electron chi connectivity index (χ2n) is 4.05. The van der Waals surface area contributed by atoms with Crippen LogP contribution in [0.3, 0.4) is 0 Å². The van der Waals surface area contributed by atoms with Crippen molar-refractivity contribution in [3.05, 3.63) is 36.3 Å². The van der Waals surface area contributed by atoms with Gasteiger partial charge < -0.3 is 5.73 Å². The molecule has 0 saturated heterocycles. The topological polar surface area (TPSA) is 64.7 Å². The Balaban J connectivity index is 2.06. The molecule has 4 nitrogen and oxygen atoms in total. The molecule has 4 heteroatoms. The Bertz CT molecular complexity index is 506. The Morgan fingerprint density at radius 2 is 2.12 bits per heavy atom. The molecule has 16 heavy (non-hydrogen) atoms. The summed E-state index contributed by atoms with van der Waals surface area (Å²) in [7, 11) is 0. The lowest BCUT2D eigenvalue weighted by atomic mass is 10.1. The predicted molar refractivity (Wildman–Crippen MR) is 61.7 cm³/mol. The largest absolute Gasteiger partial charge is 0.368 e. The van der Waals surface area contributed by atoms with Crippen molar-refractivity contribution in [3.8, 4) is 11.3 Å². The zero-order chi connectivity index (χ0) is 11.0. The Hall–Kier alpha value is -1.97. The smallest absolute Gasteiger partial charge is 0.220 e. The number of hydrogen-bond acceptors (Lipinski definition) is 4. The van der Waals surface area contributed by atoms with E-state index in [1.165, 1.54) is 12.8 Å². The van der Waals surface area contributed by atoms with Crippen molar-refractivity contribution < 1.29 is 0 Å². The summed E-state index contributed by atoms with van der Waals surface area (Å²) in [5.74, 6) is 0.934. The van der Waals surface area contributed by atoms with E-state index in [-0.39, 0.29) is 0 Å². The van der Waals surface area contributed by atoms with Crippen LogP contribution in [0.5, 0.6) is 0 Å². The molecule has 2 aromatic heterocycles. The summed E-state index contributed by atoms with van der Waals surface area (Å²) in [4.78, 5) is 12.6. The fourth-order valence-corrected chi connectivity index (χ4v) is 1.74. The summed E-state index contributed by atoms with van der Waals surface area (Å²) in [5.41, 5.74) is 8.63. The van der Waals surface area contributed by atoms with Gasteiger partial charge in [0.1, 0.15) is 0 Å². The van der Waals surface area contributed by atoms with Crippen molar-refractivity contribution >= 4 is 5.95 Å². The van der Waals surface area contributed by atoms with Gasteiger partial charge in [-0.3, -0.25) is 4.98 Å². The highest BCUT2D eigenvalue weighted by molar-refractivity contribution is 5.59. The summed E-state index contributed by atoms with van der Waals surface area (Å²) in [6.45, 7) is 0. The van der Waals surface area contributed by atoms with Crippen molar-refractivity contribution in [2.45, 2.75) is 18.8 Å². The van der Waals surface area contributed by atoms with Crippen LogP contribution in [0.25, 0.3) is 11.3 Å². The standard InChI is InChI=1S/C12H12N4/c13-12-15-10(8-3-4-8)6-11(16-12)9-2-1-5-14-7-9/h1-2,5-8H,3-4H2,(H2,13,15,16). The molecule has 2 heterocycles. The maximum atomic E-state index is 5.72. The average molecular weight is 212 g/mol. The number of pyridine rings is 1. The molecule has 0 spiro atoms. The molecule has 0 aromatic carbocycles. The number of nitrogens with zero attached hydrogens (tertiary/aromatic N) is 3. The Morgan fingerprint density at radius 3 is 2.81 bits per heavy atom. The quantitative estimate of drug-likeness (QED) is 0.826. The monoisotopic (exact) mass is 212 g/mol. The highest BCUT2D eigenvalue weighted by Crippen LogP contribution is 2.39. The van der Waals surface area contributed by atoms with Gasteiger partial charge in [-0.25, -0.2) is 9.97 Å². The van der Waals surface area contributed by atoms with Crippen LogP contribution in [0.4, 0.5) is 5.95 Å². The van der Waals surface area contributed by atoms with Gasteiger partial charge in [-0.2, -0.15) is 0 Å². The van der Waals surface area contributed by atoms with Crippen LogP contribution in [0.1, 0.15) is 24.5 Å². The van der Waals surface area contributed by atoms with E-state index in [4.69, 9.17) is 5.73 Å². The lowest BCUT2D eigenvalue weighted by Crippen LogP contribution is -2.00. The third-order valence-electron chi connectivity index (χ3n) is 2.72. The second kappa shape index (κ2) is 3.56. The van der Waals surface area contributed by atoms with Crippen LogP contribution in [0, 0.1) is 0 Å². The predicted octanol–water partition coefficient (Wildman–Crippen LogP) is 2.00. The molecular formula is C12H12N4. The molecular weight excluding hydrogens is 200 g/mol. The van der Waals surface area contributed by atoms with Crippen LogP contribution < -0.4 is 5.73 Å². The van der Waals surface area contributed by atoms with Crippen LogP contribution in [0.15, 0.2) is 30.6 Å². The number of aromatic nitrogens is 3. The normalized spacial score (nSPS) is 15.0. The zero-order valence-corrected chi connectivity index (χ0v) is 8.80. The highest BCUT2D eigenvalue weighted by atomic mass is 15.0. The van der Waals surface area contributed by atoms with E-state index < -0.39 is 0 Å². The molecule has 1 aliphatic carbocycles. The second-order valence-corrected chi connectivity index (χ2v) is 4.05. The molecule has 0 atom stereocenters. The van der Waals surface area contributed by atoms with Gasteiger partial charge in [-0.05, 0) is 31.0 Å². The van der Waals surface area contributed by atoms with E-state index in [0.717, 1.165) is 17.0 Å². The molecule has 1 saturated carbocycles. The Labute approximate surface area is 93.6 Å². The van der Waals surface area contributed by atoms with E-state index >= 15 is 0 Å². The van der Waals surface area contributed by atoms with E-state index in [0.29, 0.717) is 11.9 Å². The number of nitrogens with two attached hydrogens (primary N) is 1. The molecule has 0 radical (unpaired) electrons. The molecule has 0 amide bonds. The summed E-state index contributed by atoms with van der Waals surface area (Å²) in [6, 6.07) is 5.89. The molecule has 0 bridgehead atoms. The SMILES string of the molecule is Nc1nc(-c2cccnc2)cc(C2CC2)n1. The first-order chi connectivity index (χ1) is 7.83. The first kappa shape index (κ1) is 9.27. The number of rotatable bonds is 2. The van der Waals surface area contributed by atoms with Gasteiger partial charge in [0.05, 0.1) is 5.69 Å². The van der Waals surface area contributed by atoms with Gasteiger partial charge in [0.2, 0.25) is 5.95 Å². The first-order valence-corrected chi connectivity index (χ1v) is 5.38. The lowest BCUT2D eigenvalue weighted by Gasteiger charge is -2.04. The Morgan fingerprint density at radius 1 is 1.25 bits per heavy atom. The third kappa shape index (κ3) is 1.74. The molecule has 1 fully saturated rings. The lowest BCUT2D eigenvalue weighted by molar-refractivity contribution is 1.000. The van der Waals surface area contributed by atoms with Crippen molar-refractivity contribution in [1.29, 1.82) is 0 Å². The molecule has 3 rings (SSSR count). The zero-order valence-electron chi connectivity index (χ0n) is 8.80. The van der Waals surface area contributed by atoms with Gasteiger partial charge in [0.25, 0.3) is 0 Å². The van der Waals surface area contributed by atoms with Crippen LogP contribution >= 0.6 is 0 Å². The summed E-state index contributed by atoms with van der Waals surface area (Å²) in [5, 5.41) is 0. The fraction of sp³-hybridized carbons (Fsp3) is 0.250. The van der Waals surface area contributed by atoms with Crippen molar-refractivity contribution in [1.82, 2.24) is 15.0 Å².